The molecule has 174 valence electrons. The van der Waals surface area contributed by atoms with E-state index < -0.39 is 23.5 Å². The van der Waals surface area contributed by atoms with E-state index in [4.69, 9.17) is 0 Å². The van der Waals surface area contributed by atoms with E-state index in [0.717, 1.165) is 12.3 Å². The van der Waals surface area contributed by atoms with Crippen molar-refractivity contribution >= 4 is 23.4 Å². The summed E-state index contributed by atoms with van der Waals surface area (Å²) in [5.41, 5.74) is -0.00196. The zero-order valence-corrected chi connectivity index (χ0v) is 17.6. The highest BCUT2D eigenvalue weighted by atomic mass is 19.4. The highest BCUT2D eigenvalue weighted by Gasteiger charge is 2.31. The number of nitrogens with zero attached hydrogens (tertiary/aromatic N) is 5. The van der Waals surface area contributed by atoms with Crippen LogP contribution in [0.4, 0.5) is 35.0 Å². The number of carbonyl (C=O) groups is 1. The number of aryl methyl sites for hydroxylation is 1. The van der Waals surface area contributed by atoms with Gasteiger partial charge >= 0.3 is 6.18 Å². The van der Waals surface area contributed by atoms with E-state index >= 15 is 0 Å². The van der Waals surface area contributed by atoms with Crippen molar-refractivity contribution in [3.05, 3.63) is 78.5 Å². The molecule has 1 amide bonds. The monoisotopic (exact) mass is 471 g/mol. The number of carbonyl (C=O) groups excluding carboxylic acids is 1. The molecule has 0 aliphatic carbocycles. The summed E-state index contributed by atoms with van der Waals surface area (Å²) in [4.78, 5) is 28.2. The zero-order chi connectivity index (χ0) is 24.3. The molecule has 2 N–H and O–H groups in total. The van der Waals surface area contributed by atoms with Gasteiger partial charge in [0.15, 0.2) is 5.82 Å². The lowest BCUT2D eigenvalue weighted by atomic mass is 10.0. The molecule has 12 heteroatoms. The Bertz CT molecular complexity index is 1320. The zero-order valence-electron chi connectivity index (χ0n) is 17.6. The number of alkyl halides is 3. The summed E-state index contributed by atoms with van der Waals surface area (Å²) in [6.45, 7) is 0. The van der Waals surface area contributed by atoms with Gasteiger partial charge in [-0.05, 0) is 23.3 Å². The molecule has 0 aliphatic heterocycles. The average Bonchev–Trinajstić information content (AvgIpc) is 3.20. The van der Waals surface area contributed by atoms with Crippen LogP contribution in [0, 0.1) is 5.82 Å². The predicted octanol–water partition coefficient (Wildman–Crippen LogP) is 4.35. The maximum absolute atomic E-state index is 14.6. The molecule has 0 radical (unpaired) electrons. The first-order valence-corrected chi connectivity index (χ1v) is 9.85. The fourth-order valence-electron chi connectivity index (χ4n) is 3.05. The third-order valence-corrected chi connectivity index (χ3v) is 4.68. The number of amides is 1. The van der Waals surface area contributed by atoms with Gasteiger partial charge in [-0.3, -0.25) is 9.78 Å². The Balaban J connectivity index is 1.41. The van der Waals surface area contributed by atoms with E-state index in [2.05, 4.69) is 30.6 Å². The topological polar surface area (TPSA) is 97.6 Å². The second kappa shape index (κ2) is 9.25. The molecular weight excluding hydrogens is 454 g/mol. The van der Waals surface area contributed by atoms with Crippen molar-refractivity contribution < 1.29 is 22.4 Å². The van der Waals surface area contributed by atoms with Crippen LogP contribution in [0.2, 0.25) is 0 Å². The molecule has 0 bridgehead atoms. The van der Waals surface area contributed by atoms with Crippen LogP contribution >= 0.6 is 0 Å². The van der Waals surface area contributed by atoms with Crippen molar-refractivity contribution in [2.75, 3.05) is 10.6 Å². The van der Waals surface area contributed by atoms with Gasteiger partial charge < -0.3 is 15.2 Å². The quantitative estimate of drug-likeness (QED) is 0.406. The number of aromatic nitrogens is 5. The van der Waals surface area contributed by atoms with Gasteiger partial charge in [-0.25, -0.2) is 19.3 Å². The molecule has 3 heterocycles. The van der Waals surface area contributed by atoms with Crippen LogP contribution in [-0.2, 0) is 24.4 Å². The molecule has 0 unspecified atom stereocenters. The van der Waals surface area contributed by atoms with Gasteiger partial charge in [-0.15, -0.1) is 0 Å². The van der Waals surface area contributed by atoms with Gasteiger partial charge in [-0.2, -0.15) is 13.2 Å². The lowest BCUT2D eigenvalue weighted by Gasteiger charge is -2.10. The molecule has 4 aromatic rings. The Morgan fingerprint density at radius 1 is 1.03 bits per heavy atom. The molecule has 0 saturated heterocycles. The summed E-state index contributed by atoms with van der Waals surface area (Å²) in [5, 5.41) is 5.24. The van der Waals surface area contributed by atoms with E-state index in [1.54, 1.807) is 23.2 Å². The normalized spacial score (nSPS) is 11.3. The maximum Gasteiger partial charge on any atom is 0.417 e. The molecule has 8 nitrogen and oxygen atoms in total. The molecule has 0 aliphatic rings. The molecular formula is C22H17F4N7O. The number of hydrogen-bond acceptors (Lipinski definition) is 6. The molecule has 4 rings (SSSR count). The van der Waals surface area contributed by atoms with Crippen LogP contribution in [0.15, 0.2) is 61.6 Å². The Morgan fingerprint density at radius 2 is 1.79 bits per heavy atom. The highest BCUT2D eigenvalue weighted by Crippen LogP contribution is 2.30. The van der Waals surface area contributed by atoms with E-state index in [9.17, 15) is 22.4 Å². The van der Waals surface area contributed by atoms with E-state index in [1.807, 2.05) is 7.05 Å². The second-order valence-corrected chi connectivity index (χ2v) is 7.34. The third kappa shape index (κ3) is 5.52. The van der Waals surface area contributed by atoms with Crippen LogP contribution in [0.3, 0.4) is 0 Å². The van der Waals surface area contributed by atoms with Crippen molar-refractivity contribution in [3.8, 4) is 11.1 Å². The van der Waals surface area contributed by atoms with Gasteiger partial charge in [0.2, 0.25) is 11.9 Å². The Kier molecular flexibility index (Phi) is 6.21. The number of halogens is 4. The lowest BCUT2D eigenvalue weighted by molar-refractivity contribution is -0.137. The lowest BCUT2D eigenvalue weighted by Crippen LogP contribution is -2.16. The number of hydrogen-bond donors (Lipinski definition) is 2. The maximum atomic E-state index is 14.6. The Morgan fingerprint density at radius 3 is 2.44 bits per heavy atom. The summed E-state index contributed by atoms with van der Waals surface area (Å²) in [6, 6.07) is 5.02. The van der Waals surface area contributed by atoms with Crippen molar-refractivity contribution in [2.45, 2.75) is 12.6 Å². The summed E-state index contributed by atoms with van der Waals surface area (Å²) in [5.74, 6) is -0.434. The first-order chi connectivity index (χ1) is 16.2. The van der Waals surface area contributed by atoms with E-state index in [0.29, 0.717) is 29.1 Å². The third-order valence-electron chi connectivity index (χ3n) is 4.68. The van der Waals surface area contributed by atoms with Crippen LogP contribution < -0.4 is 10.6 Å². The largest absolute Gasteiger partial charge is 0.417 e. The smallest absolute Gasteiger partial charge is 0.338 e. The van der Waals surface area contributed by atoms with Crippen molar-refractivity contribution in [1.29, 1.82) is 0 Å². The molecule has 0 atom stereocenters. The molecule has 34 heavy (non-hydrogen) atoms. The standard InChI is InChI=1S/C22H17F4N7O/c1-33-11-19(30-12-33)32-21-28-7-15(8-29-21)13-2-3-14(18(23)4-13)5-20(34)31-17-6-16(9-27-10-17)22(24,25)26/h2-4,6-12H,5H2,1H3,(H,31,34)(H,28,29,32). The minimum absolute atomic E-state index is 0.0792. The van der Waals surface area contributed by atoms with E-state index in [1.165, 1.54) is 24.5 Å². The van der Waals surface area contributed by atoms with Gasteiger partial charge in [0.1, 0.15) is 5.82 Å². The number of rotatable bonds is 6. The minimum Gasteiger partial charge on any atom is -0.338 e. The molecule has 0 fully saturated rings. The summed E-state index contributed by atoms with van der Waals surface area (Å²) >= 11 is 0. The molecule has 0 spiro atoms. The van der Waals surface area contributed by atoms with Crippen LogP contribution in [0.5, 0.6) is 0 Å². The van der Waals surface area contributed by atoms with Gasteiger partial charge in [-0.1, -0.05) is 12.1 Å². The van der Waals surface area contributed by atoms with Crippen molar-refractivity contribution in [2.24, 2.45) is 7.05 Å². The van der Waals surface area contributed by atoms with Crippen molar-refractivity contribution in [3.63, 3.8) is 0 Å². The van der Waals surface area contributed by atoms with Gasteiger partial charge in [0.05, 0.1) is 30.2 Å². The number of nitrogens with one attached hydrogen (secondary N) is 2. The second-order valence-electron chi connectivity index (χ2n) is 7.34. The molecule has 1 aromatic carbocycles. The highest BCUT2D eigenvalue weighted by molar-refractivity contribution is 5.92. The van der Waals surface area contributed by atoms with Crippen LogP contribution in [0.1, 0.15) is 11.1 Å². The first-order valence-electron chi connectivity index (χ1n) is 9.85. The summed E-state index contributed by atoms with van der Waals surface area (Å²) in [6.07, 6.45) is 3.18. The van der Waals surface area contributed by atoms with Crippen LogP contribution in [-0.4, -0.2) is 30.4 Å². The van der Waals surface area contributed by atoms with E-state index in [-0.39, 0.29) is 17.7 Å². The van der Waals surface area contributed by atoms with Gasteiger partial charge in [0, 0.05) is 37.4 Å². The van der Waals surface area contributed by atoms with Crippen molar-refractivity contribution in [1.82, 2.24) is 24.5 Å². The fraction of sp³-hybridized carbons (Fsp3) is 0.136. The Labute approximate surface area is 190 Å². The molecule has 3 aromatic heterocycles. The fourth-order valence-corrected chi connectivity index (χ4v) is 3.05. The van der Waals surface area contributed by atoms with Gasteiger partial charge in [0.25, 0.3) is 0 Å². The SMILES string of the molecule is Cn1cnc(Nc2ncc(-c3ccc(CC(=O)Nc4cncc(C(F)(F)F)c4)c(F)c3)cn2)c1. The summed E-state index contributed by atoms with van der Waals surface area (Å²) < 4.78 is 54.7. The number of pyridine rings is 1. The number of anilines is 3. The first kappa shape index (κ1) is 22.8. The average molecular weight is 471 g/mol. The predicted molar refractivity (Wildman–Crippen MR) is 115 cm³/mol. The molecule has 0 saturated carbocycles. The number of imidazole rings is 1. The Hall–Kier alpha value is -4.35. The summed E-state index contributed by atoms with van der Waals surface area (Å²) in [7, 11) is 1.83. The van der Waals surface area contributed by atoms with Crippen LogP contribution in [0.25, 0.3) is 11.1 Å². The number of benzene rings is 1. The minimum atomic E-state index is -4.59.